The number of nitrogens with one attached hydrogen (secondary N) is 1. The first kappa shape index (κ1) is 15.2. The van der Waals surface area contributed by atoms with Crippen LogP contribution in [0.3, 0.4) is 0 Å². The van der Waals surface area contributed by atoms with Crippen molar-refractivity contribution in [3.8, 4) is 5.75 Å². The Kier molecular flexibility index (Phi) is 3.96. The summed E-state index contributed by atoms with van der Waals surface area (Å²) in [6.07, 6.45) is 4.01. The lowest BCUT2D eigenvalue weighted by Crippen LogP contribution is -2.39. The second-order valence-corrected chi connectivity index (χ2v) is 6.64. The zero-order chi connectivity index (χ0) is 16.5. The van der Waals surface area contributed by atoms with Gasteiger partial charge in [0, 0.05) is 24.6 Å². The normalized spacial score (nSPS) is 20.4. The minimum Gasteiger partial charge on any atom is -0.493 e. The van der Waals surface area contributed by atoms with Crippen LogP contribution in [0.25, 0.3) is 0 Å². The van der Waals surface area contributed by atoms with Crippen LogP contribution in [-0.4, -0.2) is 45.7 Å². The molecule has 1 unspecified atom stereocenters. The van der Waals surface area contributed by atoms with E-state index in [0.717, 1.165) is 67.4 Å². The molecule has 1 fully saturated rings. The quantitative estimate of drug-likeness (QED) is 0.920. The van der Waals surface area contributed by atoms with E-state index in [0.29, 0.717) is 6.54 Å². The number of piperidine rings is 1. The van der Waals surface area contributed by atoms with Crippen molar-refractivity contribution in [2.45, 2.75) is 38.5 Å². The van der Waals surface area contributed by atoms with Crippen molar-refractivity contribution in [3.05, 3.63) is 41.0 Å². The third-order valence-electron chi connectivity index (χ3n) is 4.84. The summed E-state index contributed by atoms with van der Waals surface area (Å²) in [5.74, 6) is 2.88. The van der Waals surface area contributed by atoms with Gasteiger partial charge in [0.05, 0.1) is 6.61 Å². The van der Waals surface area contributed by atoms with Crippen molar-refractivity contribution in [2.24, 2.45) is 0 Å². The van der Waals surface area contributed by atoms with Gasteiger partial charge in [0.2, 0.25) is 0 Å². The Morgan fingerprint density at radius 2 is 2.29 bits per heavy atom. The molecule has 126 valence electrons. The first-order chi connectivity index (χ1) is 11.7. The number of hydrogen-bond acceptors (Lipinski definition) is 4. The van der Waals surface area contributed by atoms with E-state index in [1.807, 2.05) is 30.0 Å². The number of hydrogen-bond donors (Lipinski definition) is 1. The Morgan fingerprint density at radius 1 is 1.38 bits per heavy atom. The molecule has 2 aliphatic heterocycles. The molecule has 1 atom stereocenters. The second kappa shape index (κ2) is 6.26. The number of carbonyl (C=O) groups excluding carboxylic acids is 1. The highest BCUT2D eigenvalue weighted by atomic mass is 16.5. The first-order valence-corrected chi connectivity index (χ1v) is 8.64. The highest BCUT2D eigenvalue weighted by Gasteiger charge is 2.28. The second-order valence-electron chi connectivity index (χ2n) is 6.64. The lowest BCUT2D eigenvalue weighted by atomic mass is 9.96. The van der Waals surface area contributed by atoms with E-state index in [1.165, 1.54) is 0 Å². The Balaban J connectivity index is 1.51. The minimum absolute atomic E-state index is 0.0975. The number of ether oxygens (including phenoxy) is 1. The van der Waals surface area contributed by atoms with Crippen LogP contribution in [0.5, 0.6) is 5.75 Å². The fraction of sp³-hybridized carbons (Fsp3) is 0.500. The topological polar surface area (TPSA) is 71.1 Å². The number of likely N-dealkylation sites (tertiary alicyclic amines) is 1. The van der Waals surface area contributed by atoms with Gasteiger partial charge in [0.25, 0.3) is 5.91 Å². The van der Waals surface area contributed by atoms with E-state index in [9.17, 15) is 4.79 Å². The molecule has 3 heterocycles. The lowest BCUT2D eigenvalue weighted by molar-refractivity contribution is 0.0704. The number of carbonyl (C=O) groups is 1. The number of aromatic amines is 1. The van der Waals surface area contributed by atoms with E-state index in [-0.39, 0.29) is 11.8 Å². The van der Waals surface area contributed by atoms with Crippen molar-refractivity contribution in [3.63, 3.8) is 0 Å². The van der Waals surface area contributed by atoms with Gasteiger partial charge >= 0.3 is 0 Å². The zero-order valence-electron chi connectivity index (χ0n) is 13.9. The van der Waals surface area contributed by atoms with Crippen LogP contribution >= 0.6 is 0 Å². The smallest absolute Gasteiger partial charge is 0.253 e. The van der Waals surface area contributed by atoms with E-state index >= 15 is 0 Å². The summed E-state index contributed by atoms with van der Waals surface area (Å²) >= 11 is 0. The zero-order valence-corrected chi connectivity index (χ0v) is 13.9. The highest BCUT2D eigenvalue weighted by Crippen LogP contribution is 2.28. The number of rotatable bonds is 2. The molecule has 0 spiro atoms. The maximum absolute atomic E-state index is 12.9. The van der Waals surface area contributed by atoms with E-state index in [1.54, 1.807) is 0 Å². The third kappa shape index (κ3) is 2.88. The van der Waals surface area contributed by atoms with Crippen molar-refractivity contribution in [2.75, 3.05) is 19.7 Å². The van der Waals surface area contributed by atoms with Crippen molar-refractivity contribution in [1.82, 2.24) is 20.1 Å². The van der Waals surface area contributed by atoms with Crippen LogP contribution in [0.1, 0.15) is 52.8 Å². The molecule has 1 aromatic carbocycles. The fourth-order valence-corrected chi connectivity index (χ4v) is 3.59. The summed E-state index contributed by atoms with van der Waals surface area (Å²) < 4.78 is 5.64. The van der Waals surface area contributed by atoms with Gasteiger partial charge in [-0.15, -0.1) is 0 Å². The molecule has 0 radical (unpaired) electrons. The largest absolute Gasteiger partial charge is 0.493 e. The summed E-state index contributed by atoms with van der Waals surface area (Å²) in [7, 11) is 0. The van der Waals surface area contributed by atoms with Crippen molar-refractivity contribution < 1.29 is 9.53 Å². The molecule has 1 N–H and O–H groups in total. The summed E-state index contributed by atoms with van der Waals surface area (Å²) in [5, 5.41) is 7.17. The SMILES string of the molecule is Cc1nc(C2CCCN(C(=O)c3ccc4c(c3)CCCO4)C2)n[nH]1. The van der Waals surface area contributed by atoms with Gasteiger partial charge in [-0.1, -0.05) is 0 Å². The van der Waals surface area contributed by atoms with Crippen molar-refractivity contribution in [1.29, 1.82) is 0 Å². The first-order valence-electron chi connectivity index (χ1n) is 8.64. The summed E-state index contributed by atoms with van der Waals surface area (Å²) in [4.78, 5) is 19.3. The molecule has 1 amide bonds. The third-order valence-corrected chi connectivity index (χ3v) is 4.84. The van der Waals surface area contributed by atoms with Crippen LogP contribution in [0.2, 0.25) is 0 Å². The molecule has 24 heavy (non-hydrogen) atoms. The number of benzene rings is 1. The van der Waals surface area contributed by atoms with E-state index in [4.69, 9.17) is 4.74 Å². The van der Waals surface area contributed by atoms with Gasteiger partial charge in [0.1, 0.15) is 11.6 Å². The minimum atomic E-state index is 0.0975. The Morgan fingerprint density at radius 3 is 3.12 bits per heavy atom. The number of amides is 1. The van der Waals surface area contributed by atoms with Gasteiger partial charge in [-0.25, -0.2) is 4.98 Å². The molecule has 2 aromatic rings. The number of nitrogens with zero attached hydrogens (tertiary/aromatic N) is 3. The van der Waals surface area contributed by atoms with Gasteiger partial charge in [0.15, 0.2) is 5.82 Å². The Hall–Kier alpha value is -2.37. The number of aryl methyl sites for hydroxylation is 2. The average molecular weight is 326 g/mol. The Labute approximate surface area is 141 Å². The monoisotopic (exact) mass is 326 g/mol. The van der Waals surface area contributed by atoms with Crippen LogP contribution in [-0.2, 0) is 6.42 Å². The molecule has 1 aromatic heterocycles. The van der Waals surface area contributed by atoms with Crippen LogP contribution in [0.4, 0.5) is 0 Å². The maximum atomic E-state index is 12.9. The fourth-order valence-electron chi connectivity index (χ4n) is 3.59. The molecule has 0 saturated carbocycles. The standard InChI is InChI=1S/C18H22N4O2/c1-12-19-17(21-20-12)15-4-2-8-22(11-15)18(23)14-6-7-16-13(10-14)5-3-9-24-16/h6-7,10,15H,2-5,8-9,11H2,1H3,(H,19,20,21). The number of aromatic nitrogens is 3. The van der Waals surface area contributed by atoms with Gasteiger partial charge in [-0.2, -0.15) is 5.10 Å². The summed E-state index contributed by atoms with van der Waals surface area (Å²) in [6.45, 7) is 4.15. The lowest BCUT2D eigenvalue weighted by Gasteiger charge is -2.31. The summed E-state index contributed by atoms with van der Waals surface area (Å²) in [6, 6.07) is 5.81. The average Bonchev–Trinajstić information content (AvgIpc) is 3.07. The molecular weight excluding hydrogens is 304 g/mol. The van der Waals surface area contributed by atoms with Gasteiger partial charge < -0.3 is 9.64 Å². The highest BCUT2D eigenvalue weighted by molar-refractivity contribution is 5.94. The molecule has 6 heteroatoms. The number of fused-ring (bicyclic) bond motifs is 1. The van der Waals surface area contributed by atoms with Crippen LogP contribution in [0.15, 0.2) is 18.2 Å². The predicted octanol–water partition coefficient (Wildman–Crippen LogP) is 2.46. The van der Waals surface area contributed by atoms with Crippen LogP contribution < -0.4 is 4.74 Å². The molecule has 0 aliphatic carbocycles. The molecular formula is C18H22N4O2. The molecule has 2 aliphatic rings. The van der Waals surface area contributed by atoms with Gasteiger partial charge in [-0.05, 0) is 56.4 Å². The van der Waals surface area contributed by atoms with E-state index in [2.05, 4.69) is 15.2 Å². The molecule has 6 nitrogen and oxygen atoms in total. The Bertz CT molecular complexity index is 755. The van der Waals surface area contributed by atoms with E-state index < -0.39 is 0 Å². The van der Waals surface area contributed by atoms with Gasteiger partial charge in [-0.3, -0.25) is 9.89 Å². The van der Waals surface area contributed by atoms with Crippen molar-refractivity contribution >= 4 is 5.91 Å². The maximum Gasteiger partial charge on any atom is 0.253 e. The predicted molar refractivity (Wildman–Crippen MR) is 89.3 cm³/mol. The molecule has 0 bridgehead atoms. The number of H-pyrrole nitrogens is 1. The molecule has 1 saturated heterocycles. The molecule has 4 rings (SSSR count). The van der Waals surface area contributed by atoms with Crippen LogP contribution in [0, 0.1) is 6.92 Å². The summed E-state index contributed by atoms with van der Waals surface area (Å²) in [5.41, 5.74) is 1.90.